The molecule has 0 spiro atoms. The zero-order chi connectivity index (χ0) is 16.9. The molecule has 0 saturated heterocycles. The Morgan fingerprint density at radius 1 is 0.708 bits per heavy atom. The molecule has 0 amide bonds. The summed E-state index contributed by atoms with van der Waals surface area (Å²) in [4.78, 5) is 0.234. The number of hydrogen-bond acceptors (Lipinski definition) is 4. The van der Waals surface area contributed by atoms with E-state index in [0.717, 1.165) is 16.9 Å². The predicted molar refractivity (Wildman–Crippen MR) is 92.1 cm³/mol. The van der Waals surface area contributed by atoms with Gasteiger partial charge in [-0.3, -0.25) is 4.21 Å². The second-order valence-corrected chi connectivity index (χ2v) is 6.00. The maximum Gasteiger partial charge on any atom is 0.127 e. The third-order valence-corrected chi connectivity index (χ3v) is 4.19. The molecule has 0 fully saturated rings. The highest BCUT2D eigenvalue weighted by Gasteiger charge is 2.01. The van der Waals surface area contributed by atoms with Crippen LogP contribution in [0.1, 0.15) is 0 Å². The van der Waals surface area contributed by atoms with Gasteiger partial charge in [0.15, 0.2) is 0 Å². The topological polar surface area (TPSA) is 58.6 Å². The molecular weight excluding hydrogens is 324 g/mol. The van der Waals surface area contributed by atoms with E-state index in [0.29, 0.717) is 11.5 Å². The SMILES string of the molecule is COc1ccc(-c2ccc(Oc3ccc(S(=O)[O-])cc3)cc2)cc1. The molecule has 0 bridgehead atoms. The lowest BCUT2D eigenvalue weighted by Crippen LogP contribution is -1.89. The van der Waals surface area contributed by atoms with Crippen molar-refractivity contribution in [1.29, 1.82) is 0 Å². The zero-order valence-electron chi connectivity index (χ0n) is 13.0. The Hall–Kier alpha value is -2.63. The van der Waals surface area contributed by atoms with E-state index < -0.39 is 11.1 Å². The molecule has 0 aliphatic heterocycles. The summed E-state index contributed by atoms with van der Waals surface area (Å²) in [6.45, 7) is 0. The first-order valence-corrected chi connectivity index (χ1v) is 8.35. The molecule has 0 aliphatic carbocycles. The summed E-state index contributed by atoms with van der Waals surface area (Å²) in [6.07, 6.45) is 0. The standard InChI is InChI=1S/C19H16O4S/c1-22-16-6-2-14(3-7-16)15-4-8-17(9-5-15)23-18-10-12-19(13-11-18)24(20)21/h2-13H,1H3,(H,20,21)/p-1. The molecule has 4 nitrogen and oxygen atoms in total. The number of benzene rings is 3. The highest BCUT2D eigenvalue weighted by molar-refractivity contribution is 7.79. The molecule has 0 heterocycles. The maximum absolute atomic E-state index is 10.8. The summed E-state index contributed by atoms with van der Waals surface area (Å²) in [5, 5.41) is 0. The van der Waals surface area contributed by atoms with Gasteiger partial charge in [0, 0.05) is 4.90 Å². The lowest BCUT2D eigenvalue weighted by molar-refractivity contribution is 0.415. The normalized spacial score (nSPS) is 11.8. The van der Waals surface area contributed by atoms with E-state index in [1.165, 1.54) is 12.1 Å². The van der Waals surface area contributed by atoms with Crippen LogP contribution >= 0.6 is 0 Å². The number of ether oxygens (including phenoxy) is 2. The van der Waals surface area contributed by atoms with Crippen molar-refractivity contribution >= 4 is 11.1 Å². The van der Waals surface area contributed by atoms with Gasteiger partial charge in [0.1, 0.15) is 17.2 Å². The molecule has 0 aliphatic rings. The van der Waals surface area contributed by atoms with Crippen molar-refractivity contribution < 1.29 is 18.2 Å². The summed E-state index contributed by atoms with van der Waals surface area (Å²) >= 11 is -2.23. The monoisotopic (exact) mass is 339 g/mol. The van der Waals surface area contributed by atoms with Gasteiger partial charge in [-0.1, -0.05) is 24.3 Å². The lowest BCUT2D eigenvalue weighted by atomic mass is 10.1. The van der Waals surface area contributed by atoms with Gasteiger partial charge in [0.2, 0.25) is 0 Å². The Bertz CT molecular complexity index is 825. The first-order valence-electron chi connectivity index (χ1n) is 7.27. The Morgan fingerprint density at radius 3 is 1.54 bits per heavy atom. The minimum atomic E-state index is -2.23. The van der Waals surface area contributed by atoms with E-state index >= 15 is 0 Å². The van der Waals surface area contributed by atoms with Crippen molar-refractivity contribution in [2.75, 3.05) is 7.11 Å². The summed E-state index contributed by atoms with van der Waals surface area (Å²) < 4.78 is 32.5. The summed E-state index contributed by atoms with van der Waals surface area (Å²) in [6, 6.07) is 21.8. The van der Waals surface area contributed by atoms with Gasteiger partial charge < -0.3 is 14.0 Å². The maximum atomic E-state index is 10.8. The van der Waals surface area contributed by atoms with Crippen molar-refractivity contribution in [2.24, 2.45) is 0 Å². The van der Waals surface area contributed by atoms with Crippen LogP contribution in [0, 0.1) is 0 Å². The average molecular weight is 339 g/mol. The van der Waals surface area contributed by atoms with Gasteiger partial charge in [-0.05, 0) is 70.7 Å². The fourth-order valence-electron chi connectivity index (χ4n) is 2.25. The number of rotatable bonds is 5. The highest BCUT2D eigenvalue weighted by Crippen LogP contribution is 2.27. The van der Waals surface area contributed by atoms with Crippen LogP contribution in [0.3, 0.4) is 0 Å². The molecule has 5 heteroatoms. The van der Waals surface area contributed by atoms with Gasteiger partial charge in [0.25, 0.3) is 0 Å². The Morgan fingerprint density at radius 2 is 1.12 bits per heavy atom. The van der Waals surface area contributed by atoms with E-state index in [1.54, 1.807) is 19.2 Å². The van der Waals surface area contributed by atoms with Crippen LogP contribution in [0.15, 0.2) is 77.7 Å². The molecule has 0 aromatic heterocycles. The Labute approximate surface area is 143 Å². The fourth-order valence-corrected chi connectivity index (χ4v) is 2.61. The minimum Gasteiger partial charge on any atom is -0.768 e. The molecule has 1 unspecified atom stereocenters. The van der Waals surface area contributed by atoms with Crippen LogP contribution in [0.5, 0.6) is 17.2 Å². The van der Waals surface area contributed by atoms with Crippen LogP contribution < -0.4 is 9.47 Å². The van der Waals surface area contributed by atoms with E-state index in [4.69, 9.17) is 9.47 Å². The van der Waals surface area contributed by atoms with Crippen molar-refractivity contribution in [3.8, 4) is 28.4 Å². The summed E-state index contributed by atoms with van der Waals surface area (Å²) in [7, 11) is 1.64. The minimum absolute atomic E-state index is 0.234. The van der Waals surface area contributed by atoms with E-state index in [2.05, 4.69) is 0 Å². The van der Waals surface area contributed by atoms with Gasteiger partial charge in [-0.15, -0.1) is 0 Å². The molecule has 122 valence electrons. The van der Waals surface area contributed by atoms with Crippen LogP contribution in [-0.4, -0.2) is 15.9 Å². The van der Waals surface area contributed by atoms with Gasteiger partial charge in [-0.25, -0.2) is 0 Å². The third-order valence-electron chi connectivity index (χ3n) is 3.53. The van der Waals surface area contributed by atoms with E-state index in [1.807, 2.05) is 48.5 Å². The Balaban J connectivity index is 1.72. The quantitative estimate of drug-likeness (QED) is 0.647. The van der Waals surface area contributed by atoms with Crippen molar-refractivity contribution in [3.63, 3.8) is 0 Å². The van der Waals surface area contributed by atoms with Gasteiger partial charge >= 0.3 is 0 Å². The molecule has 3 rings (SSSR count). The second kappa shape index (κ2) is 7.29. The Kier molecular flexibility index (Phi) is 4.93. The second-order valence-electron chi connectivity index (χ2n) is 5.06. The average Bonchev–Trinajstić information content (AvgIpc) is 2.63. The molecule has 3 aromatic rings. The summed E-state index contributed by atoms with van der Waals surface area (Å²) in [5.41, 5.74) is 2.16. The van der Waals surface area contributed by atoms with Crippen LogP contribution in [-0.2, 0) is 11.1 Å². The molecule has 0 saturated carbocycles. The first-order chi connectivity index (χ1) is 11.7. The number of hydrogen-bond donors (Lipinski definition) is 0. The van der Waals surface area contributed by atoms with Crippen LogP contribution in [0.4, 0.5) is 0 Å². The van der Waals surface area contributed by atoms with Crippen molar-refractivity contribution in [2.45, 2.75) is 4.90 Å². The molecular formula is C19H15O4S-. The lowest BCUT2D eigenvalue weighted by Gasteiger charge is -2.09. The van der Waals surface area contributed by atoms with Crippen LogP contribution in [0.2, 0.25) is 0 Å². The predicted octanol–water partition coefficient (Wildman–Crippen LogP) is 4.39. The highest BCUT2D eigenvalue weighted by atomic mass is 32.2. The molecule has 0 radical (unpaired) electrons. The van der Waals surface area contributed by atoms with Gasteiger partial charge in [-0.2, -0.15) is 0 Å². The third kappa shape index (κ3) is 3.82. The van der Waals surface area contributed by atoms with E-state index in [9.17, 15) is 8.76 Å². The molecule has 3 aromatic carbocycles. The molecule has 1 atom stereocenters. The van der Waals surface area contributed by atoms with E-state index in [-0.39, 0.29) is 4.90 Å². The molecule has 0 N–H and O–H groups in total. The van der Waals surface area contributed by atoms with Crippen LogP contribution in [0.25, 0.3) is 11.1 Å². The molecule has 24 heavy (non-hydrogen) atoms. The largest absolute Gasteiger partial charge is 0.768 e. The van der Waals surface area contributed by atoms with Gasteiger partial charge in [0.05, 0.1) is 7.11 Å². The van der Waals surface area contributed by atoms with Crippen molar-refractivity contribution in [1.82, 2.24) is 0 Å². The zero-order valence-corrected chi connectivity index (χ0v) is 13.8. The summed E-state index contributed by atoms with van der Waals surface area (Å²) in [5.74, 6) is 2.09. The number of methoxy groups -OCH3 is 1. The first kappa shape index (κ1) is 16.2. The smallest absolute Gasteiger partial charge is 0.127 e. The van der Waals surface area contributed by atoms with Crippen molar-refractivity contribution in [3.05, 3.63) is 72.8 Å². The fraction of sp³-hybridized carbons (Fsp3) is 0.0526.